The van der Waals surface area contributed by atoms with E-state index in [-0.39, 0.29) is 17.9 Å². The first-order valence-electron chi connectivity index (χ1n) is 8.42. The number of hydrogen-bond acceptors (Lipinski definition) is 4. The van der Waals surface area contributed by atoms with Gasteiger partial charge in [0.15, 0.2) is 0 Å². The van der Waals surface area contributed by atoms with E-state index in [4.69, 9.17) is 0 Å². The molecule has 2 N–H and O–H groups in total. The summed E-state index contributed by atoms with van der Waals surface area (Å²) in [5, 5.41) is 5.86. The summed E-state index contributed by atoms with van der Waals surface area (Å²) >= 11 is 0. The number of likely N-dealkylation sites (tertiary alicyclic amines) is 1. The topological polar surface area (TPSA) is 74.3 Å². The predicted octanol–water partition coefficient (Wildman–Crippen LogP) is 1.70. The van der Waals surface area contributed by atoms with Gasteiger partial charge in [-0.3, -0.25) is 9.59 Å². The summed E-state index contributed by atoms with van der Waals surface area (Å²) in [7, 11) is 1.75. The Hall–Kier alpha value is -2.89. The summed E-state index contributed by atoms with van der Waals surface area (Å²) < 4.78 is 0. The van der Waals surface area contributed by atoms with Crippen LogP contribution in [0.5, 0.6) is 0 Å². The Labute approximate surface area is 147 Å². The molecule has 6 heteroatoms. The van der Waals surface area contributed by atoms with Gasteiger partial charge < -0.3 is 15.5 Å². The molecule has 3 rings (SSSR count). The van der Waals surface area contributed by atoms with Gasteiger partial charge in [0.25, 0.3) is 5.91 Å². The van der Waals surface area contributed by atoms with Crippen molar-refractivity contribution in [1.82, 2.24) is 15.2 Å². The van der Waals surface area contributed by atoms with Crippen LogP contribution in [0.3, 0.4) is 0 Å². The van der Waals surface area contributed by atoms with E-state index in [9.17, 15) is 9.59 Å². The molecule has 2 heterocycles. The molecule has 0 aliphatic carbocycles. The third kappa shape index (κ3) is 4.35. The Balaban J connectivity index is 1.54. The van der Waals surface area contributed by atoms with Crippen LogP contribution in [0.4, 0.5) is 5.82 Å². The predicted molar refractivity (Wildman–Crippen MR) is 96.4 cm³/mol. The second-order valence-corrected chi connectivity index (χ2v) is 6.13. The van der Waals surface area contributed by atoms with E-state index in [1.54, 1.807) is 25.4 Å². The average Bonchev–Trinajstić information content (AvgIpc) is 3.00. The third-order valence-electron chi connectivity index (χ3n) is 4.34. The molecule has 1 saturated heterocycles. The molecule has 2 amide bonds. The molecule has 1 aromatic carbocycles. The van der Waals surface area contributed by atoms with E-state index >= 15 is 0 Å². The lowest BCUT2D eigenvalue weighted by molar-refractivity contribution is -0.127. The first kappa shape index (κ1) is 17.0. The minimum absolute atomic E-state index is 0.0897. The van der Waals surface area contributed by atoms with Crippen molar-refractivity contribution in [3.05, 3.63) is 59.8 Å². The highest BCUT2D eigenvalue weighted by Gasteiger charge is 2.30. The normalized spacial score (nSPS) is 16.8. The number of hydrogen-bond donors (Lipinski definition) is 2. The van der Waals surface area contributed by atoms with Gasteiger partial charge in [-0.05, 0) is 24.1 Å². The van der Waals surface area contributed by atoms with Gasteiger partial charge in [0.1, 0.15) is 5.82 Å². The van der Waals surface area contributed by atoms with E-state index < -0.39 is 0 Å². The second-order valence-electron chi connectivity index (χ2n) is 6.13. The summed E-state index contributed by atoms with van der Waals surface area (Å²) in [6.07, 6.45) is 2.76. The van der Waals surface area contributed by atoms with E-state index in [0.29, 0.717) is 30.9 Å². The van der Waals surface area contributed by atoms with Crippen LogP contribution in [0.25, 0.3) is 0 Å². The van der Waals surface area contributed by atoms with Crippen LogP contribution in [0.1, 0.15) is 22.3 Å². The first-order valence-corrected chi connectivity index (χ1v) is 8.42. The largest absolute Gasteiger partial charge is 0.373 e. The molecular weight excluding hydrogens is 316 g/mol. The van der Waals surface area contributed by atoms with Crippen molar-refractivity contribution in [2.75, 3.05) is 25.5 Å². The Bertz CT molecular complexity index is 748. The zero-order valence-electron chi connectivity index (χ0n) is 14.2. The molecule has 25 heavy (non-hydrogen) atoms. The monoisotopic (exact) mass is 338 g/mol. The van der Waals surface area contributed by atoms with Crippen molar-refractivity contribution in [1.29, 1.82) is 0 Å². The quantitative estimate of drug-likeness (QED) is 0.841. The maximum atomic E-state index is 12.4. The van der Waals surface area contributed by atoms with Gasteiger partial charge in [0.05, 0.1) is 6.04 Å². The molecule has 0 bridgehead atoms. The number of rotatable bonds is 6. The minimum Gasteiger partial charge on any atom is -0.373 e. The molecule has 6 nitrogen and oxygen atoms in total. The zero-order valence-corrected chi connectivity index (χ0v) is 14.2. The fourth-order valence-corrected chi connectivity index (χ4v) is 2.97. The molecule has 0 spiro atoms. The van der Waals surface area contributed by atoms with Crippen LogP contribution >= 0.6 is 0 Å². The van der Waals surface area contributed by atoms with Crippen LogP contribution in [-0.4, -0.2) is 47.9 Å². The van der Waals surface area contributed by atoms with Crippen molar-refractivity contribution in [3.8, 4) is 0 Å². The lowest BCUT2D eigenvalue weighted by Crippen LogP contribution is -2.37. The highest BCUT2D eigenvalue weighted by Crippen LogP contribution is 2.14. The molecule has 1 atom stereocenters. The average molecular weight is 338 g/mol. The molecule has 1 fully saturated rings. The Kier molecular flexibility index (Phi) is 5.28. The lowest BCUT2D eigenvalue weighted by atomic mass is 10.1. The Morgan fingerprint density at radius 2 is 2.08 bits per heavy atom. The number of aromatic nitrogens is 1. The van der Waals surface area contributed by atoms with Gasteiger partial charge in [-0.1, -0.05) is 30.3 Å². The molecule has 1 aliphatic rings. The molecule has 1 aromatic heterocycles. The van der Waals surface area contributed by atoms with Crippen molar-refractivity contribution in [2.45, 2.75) is 18.9 Å². The molecule has 0 radical (unpaired) electrons. The van der Waals surface area contributed by atoms with E-state index in [1.807, 2.05) is 23.1 Å². The van der Waals surface area contributed by atoms with Gasteiger partial charge in [-0.25, -0.2) is 4.98 Å². The van der Waals surface area contributed by atoms with Crippen LogP contribution in [0.15, 0.2) is 48.7 Å². The molecule has 1 unspecified atom stereocenters. The summed E-state index contributed by atoms with van der Waals surface area (Å²) in [5.74, 6) is 0.549. The molecule has 1 aliphatic heterocycles. The van der Waals surface area contributed by atoms with Gasteiger partial charge in [0, 0.05) is 38.3 Å². The van der Waals surface area contributed by atoms with Gasteiger partial charge in [0.2, 0.25) is 5.91 Å². The van der Waals surface area contributed by atoms with Crippen molar-refractivity contribution < 1.29 is 9.59 Å². The van der Waals surface area contributed by atoms with Gasteiger partial charge >= 0.3 is 0 Å². The van der Waals surface area contributed by atoms with Crippen molar-refractivity contribution in [2.24, 2.45) is 0 Å². The maximum Gasteiger partial charge on any atom is 0.251 e. The number of benzene rings is 1. The molecular formula is C19H22N4O2. The number of anilines is 1. The maximum absolute atomic E-state index is 12.4. The van der Waals surface area contributed by atoms with Crippen molar-refractivity contribution in [3.63, 3.8) is 0 Å². The summed E-state index contributed by atoms with van der Waals surface area (Å²) in [6, 6.07) is 13.3. The standard InChI is InChI=1S/C19H22N4O2/c1-20-17-11-15(7-9-21-17)19(25)22-16-12-18(24)23(13-16)10-8-14-5-3-2-4-6-14/h2-7,9,11,16H,8,10,12-13H2,1H3,(H,20,21)(H,22,25). The third-order valence-corrected chi connectivity index (χ3v) is 4.34. The van der Waals surface area contributed by atoms with E-state index in [1.165, 1.54) is 5.56 Å². The SMILES string of the molecule is CNc1cc(C(=O)NC2CC(=O)N(CCc3ccccc3)C2)ccn1. The number of carbonyl (C=O) groups is 2. The lowest BCUT2D eigenvalue weighted by Gasteiger charge is -2.17. The zero-order chi connectivity index (χ0) is 17.6. The fraction of sp³-hybridized carbons (Fsp3) is 0.316. The Morgan fingerprint density at radius 1 is 1.28 bits per heavy atom. The second kappa shape index (κ2) is 7.79. The van der Waals surface area contributed by atoms with Gasteiger partial charge in [-0.15, -0.1) is 0 Å². The molecule has 0 saturated carbocycles. The fourth-order valence-electron chi connectivity index (χ4n) is 2.97. The first-order chi connectivity index (χ1) is 12.2. The van der Waals surface area contributed by atoms with Crippen LogP contribution in [-0.2, 0) is 11.2 Å². The summed E-state index contributed by atoms with van der Waals surface area (Å²) in [4.78, 5) is 30.5. The smallest absolute Gasteiger partial charge is 0.251 e. The van der Waals surface area contributed by atoms with E-state index in [2.05, 4.69) is 27.8 Å². The van der Waals surface area contributed by atoms with Crippen LogP contribution in [0.2, 0.25) is 0 Å². The molecule has 130 valence electrons. The van der Waals surface area contributed by atoms with Gasteiger partial charge in [-0.2, -0.15) is 0 Å². The van der Waals surface area contributed by atoms with E-state index in [0.717, 1.165) is 6.42 Å². The minimum atomic E-state index is -0.179. The summed E-state index contributed by atoms with van der Waals surface area (Å²) in [5.41, 5.74) is 1.74. The van der Waals surface area contributed by atoms with Crippen LogP contribution in [0, 0.1) is 0 Å². The highest BCUT2D eigenvalue weighted by molar-refractivity contribution is 5.95. The number of carbonyl (C=O) groups excluding carboxylic acids is 2. The number of pyridine rings is 1. The summed E-state index contributed by atoms with van der Waals surface area (Å²) in [6.45, 7) is 1.23. The number of nitrogens with zero attached hydrogens (tertiary/aromatic N) is 2. The van der Waals surface area contributed by atoms with Crippen LogP contribution < -0.4 is 10.6 Å². The Morgan fingerprint density at radius 3 is 2.84 bits per heavy atom. The highest BCUT2D eigenvalue weighted by atomic mass is 16.2. The van der Waals surface area contributed by atoms with Crippen molar-refractivity contribution >= 4 is 17.6 Å². The number of amides is 2. The molecule has 2 aromatic rings. The number of nitrogens with one attached hydrogen (secondary N) is 2.